The molecule has 1 fully saturated rings. The molecule has 0 saturated carbocycles. The van der Waals surface area contributed by atoms with Crippen molar-refractivity contribution < 1.29 is 9.90 Å². The monoisotopic (exact) mass is 270 g/mol. The Morgan fingerprint density at radius 2 is 2.30 bits per heavy atom. The second kappa shape index (κ2) is 3.85. The summed E-state index contributed by atoms with van der Waals surface area (Å²) in [5.41, 5.74) is 2.49. The van der Waals surface area contributed by atoms with Crippen molar-refractivity contribution >= 4 is 16.9 Å². The number of aromatic amines is 1. The van der Waals surface area contributed by atoms with E-state index in [0.717, 1.165) is 30.6 Å². The van der Waals surface area contributed by atoms with Crippen LogP contribution in [-0.2, 0) is 16.6 Å². The maximum absolute atomic E-state index is 12.0. The molecule has 5 rings (SSSR count). The highest BCUT2D eigenvalue weighted by Gasteiger charge is 2.61. The number of carbonyl (C=O) groups is 1. The summed E-state index contributed by atoms with van der Waals surface area (Å²) in [5.74, 6) is -0.685. The molecule has 0 aliphatic carbocycles. The third-order valence-electron chi connectivity index (χ3n) is 5.14. The minimum Gasteiger partial charge on any atom is -0.480 e. The van der Waals surface area contributed by atoms with Gasteiger partial charge in [-0.1, -0.05) is 25.1 Å². The molecule has 4 heteroatoms. The van der Waals surface area contributed by atoms with Crippen molar-refractivity contribution in [3.63, 3.8) is 0 Å². The van der Waals surface area contributed by atoms with Gasteiger partial charge in [-0.05, 0) is 24.5 Å². The summed E-state index contributed by atoms with van der Waals surface area (Å²) in [6.45, 7) is 3.69. The zero-order chi connectivity index (χ0) is 13.9. The number of rotatable bonds is 2. The number of carboxylic acid groups (broad SMARTS) is 1. The van der Waals surface area contributed by atoms with E-state index < -0.39 is 11.4 Å². The van der Waals surface area contributed by atoms with Crippen LogP contribution in [0.25, 0.3) is 10.9 Å². The van der Waals surface area contributed by atoms with E-state index in [4.69, 9.17) is 0 Å². The number of para-hydroxylation sites is 1. The van der Waals surface area contributed by atoms with Gasteiger partial charge in [-0.15, -0.1) is 0 Å². The molecule has 3 aliphatic rings. The third kappa shape index (κ3) is 1.23. The van der Waals surface area contributed by atoms with E-state index in [-0.39, 0.29) is 6.04 Å². The van der Waals surface area contributed by atoms with Gasteiger partial charge in [-0.3, -0.25) is 9.69 Å². The number of aliphatic carboxylic acids is 1. The predicted octanol–water partition coefficient (Wildman–Crippen LogP) is 2.14. The maximum Gasteiger partial charge on any atom is 0.318 e. The molecule has 1 aromatic carbocycles. The first-order valence-electron chi connectivity index (χ1n) is 7.26. The fraction of sp³-hybridized carbons (Fsp3) is 0.438. The number of nitrogens with zero attached hydrogens (tertiary/aromatic N) is 1. The van der Waals surface area contributed by atoms with E-state index in [1.165, 1.54) is 10.9 Å². The van der Waals surface area contributed by atoms with Gasteiger partial charge in [0, 0.05) is 35.7 Å². The predicted molar refractivity (Wildman–Crippen MR) is 77.0 cm³/mol. The summed E-state index contributed by atoms with van der Waals surface area (Å²) in [6, 6.07) is 8.28. The second-order valence-electron chi connectivity index (χ2n) is 5.95. The average molecular weight is 270 g/mol. The standard InChI is InChI=1S/C16H18N2O2/c1-2-13-16(15(19)20)9-18(13)8-7-11-10-5-3-4-6-12(10)17-14(11)16/h3-6,13,17H,2,7-9H2,1H3,(H,19,20)/t13?,16-/m0/s1. The fourth-order valence-electron chi connectivity index (χ4n) is 4.24. The molecule has 2 unspecified atom stereocenters. The van der Waals surface area contributed by atoms with Gasteiger partial charge in [0.15, 0.2) is 0 Å². The van der Waals surface area contributed by atoms with Crippen molar-refractivity contribution in [1.29, 1.82) is 0 Å². The van der Waals surface area contributed by atoms with Crippen molar-refractivity contribution in [2.24, 2.45) is 0 Å². The highest BCUT2D eigenvalue weighted by atomic mass is 16.4. The largest absolute Gasteiger partial charge is 0.480 e. The molecule has 104 valence electrons. The minimum atomic E-state index is -0.737. The minimum absolute atomic E-state index is 0.120. The Balaban J connectivity index is 2.01. The molecule has 3 aliphatic heterocycles. The topological polar surface area (TPSA) is 56.3 Å². The van der Waals surface area contributed by atoms with Crippen LogP contribution in [0.1, 0.15) is 24.6 Å². The van der Waals surface area contributed by atoms with Crippen LogP contribution in [0.4, 0.5) is 0 Å². The molecule has 4 heterocycles. The Morgan fingerprint density at radius 3 is 3.05 bits per heavy atom. The lowest BCUT2D eigenvalue weighted by atomic mass is 9.68. The Labute approximate surface area is 117 Å². The molecule has 2 N–H and O–H groups in total. The third-order valence-corrected chi connectivity index (χ3v) is 5.14. The van der Waals surface area contributed by atoms with Crippen LogP contribution in [0.3, 0.4) is 0 Å². The summed E-state index contributed by atoms with van der Waals surface area (Å²) in [6.07, 6.45) is 1.81. The molecular weight excluding hydrogens is 252 g/mol. The van der Waals surface area contributed by atoms with Gasteiger partial charge in [0.05, 0.1) is 0 Å². The van der Waals surface area contributed by atoms with Gasteiger partial charge in [-0.25, -0.2) is 0 Å². The lowest BCUT2D eigenvalue weighted by Gasteiger charge is -2.53. The molecule has 0 spiro atoms. The molecular formula is C16H18N2O2. The van der Waals surface area contributed by atoms with Crippen LogP contribution in [0, 0.1) is 0 Å². The molecule has 0 radical (unpaired) electrons. The normalized spacial score (nSPS) is 31.4. The van der Waals surface area contributed by atoms with E-state index in [2.05, 4.69) is 22.9 Å². The van der Waals surface area contributed by atoms with Crippen LogP contribution in [0.5, 0.6) is 0 Å². The first kappa shape index (κ1) is 12.0. The van der Waals surface area contributed by atoms with Gasteiger partial charge in [0.2, 0.25) is 0 Å². The molecule has 1 aromatic heterocycles. The van der Waals surface area contributed by atoms with Crippen molar-refractivity contribution in [2.75, 3.05) is 13.1 Å². The van der Waals surface area contributed by atoms with Crippen LogP contribution < -0.4 is 0 Å². The van der Waals surface area contributed by atoms with Crippen LogP contribution in [-0.4, -0.2) is 40.1 Å². The van der Waals surface area contributed by atoms with Gasteiger partial charge in [-0.2, -0.15) is 0 Å². The Morgan fingerprint density at radius 1 is 1.50 bits per heavy atom. The number of aromatic nitrogens is 1. The van der Waals surface area contributed by atoms with Gasteiger partial charge in [0.25, 0.3) is 0 Å². The van der Waals surface area contributed by atoms with E-state index in [1.54, 1.807) is 0 Å². The number of benzene rings is 1. The summed E-state index contributed by atoms with van der Waals surface area (Å²) < 4.78 is 0. The lowest BCUT2D eigenvalue weighted by Crippen LogP contribution is -2.69. The molecule has 2 bridgehead atoms. The Kier molecular flexibility index (Phi) is 2.31. The smallest absolute Gasteiger partial charge is 0.318 e. The zero-order valence-corrected chi connectivity index (χ0v) is 11.5. The Hall–Kier alpha value is -1.81. The summed E-state index contributed by atoms with van der Waals surface area (Å²) in [5, 5.41) is 11.1. The zero-order valence-electron chi connectivity index (χ0n) is 11.5. The first-order valence-corrected chi connectivity index (χ1v) is 7.26. The number of fused-ring (bicyclic) bond motifs is 2. The highest BCUT2D eigenvalue weighted by molar-refractivity contribution is 5.91. The number of nitrogens with one attached hydrogen (secondary N) is 1. The van der Waals surface area contributed by atoms with E-state index >= 15 is 0 Å². The summed E-state index contributed by atoms with van der Waals surface area (Å²) in [7, 11) is 0. The quantitative estimate of drug-likeness (QED) is 0.879. The van der Waals surface area contributed by atoms with Crippen molar-refractivity contribution in [1.82, 2.24) is 9.88 Å². The lowest BCUT2D eigenvalue weighted by molar-refractivity contribution is -0.157. The number of hydrogen-bond donors (Lipinski definition) is 2. The first-order chi connectivity index (χ1) is 9.68. The number of H-pyrrole nitrogens is 1. The number of hydrogen-bond acceptors (Lipinski definition) is 2. The van der Waals surface area contributed by atoms with Crippen LogP contribution >= 0.6 is 0 Å². The maximum atomic E-state index is 12.0. The van der Waals surface area contributed by atoms with Crippen LogP contribution in [0.15, 0.2) is 24.3 Å². The van der Waals surface area contributed by atoms with Crippen molar-refractivity contribution in [2.45, 2.75) is 31.2 Å². The molecule has 4 nitrogen and oxygen atoms in total. The molecule has 2 aromatic rings. The van der Waals surface area contributed by atoms with Crippen molar-refractivity contribution in [3.8, 4) is 0 Å². The van der Waals surface area contributed by atoms with Gasteiger partial charge < -0.3 is 10.1 Å². The summed E-state index contributed by atoms with van der Waals surface area (Å²) >= 11 is 0. The number of carboxylic acids is 1. The average Bonchev–Trinajstić information content (AvgIpc) is 2.60. The van der Waals surface area contributed by atoms with Crippen LogP contribution in [0.2, 0.25) is 0 Å². The molecule has 1 saturated heterocycles. The molecule has 20 heavy (non-hydrogen) atoms. The van der Waals surface area contributed by atoms with E-state index in [0.29, 0.717) is 6.54 Å². The van der Waals surface area contributed by atoms with Gasteiger partial charge >= 0.3 is 5.97 Å². The fourth-order valence-corrected chi connectivity index (χ4v) is 4.24. The highest BCUT2D eigenvalue weighted by Crippen LogP contribution is 2.47. The van der Waals surface area contributed by atoms with E-state index in [9.17, 15) is 9.90 Å². The SMILES string of the molecule is CCC1N2CCc3c([nH]c4ccccc34)[C@]1(C(=O)O)C2. The van der Waals surface area contributed by atoms with E-state index in [1.807, 2.05) is 18.2 Å². The molecule has 0 amide bonds. The summed E-state index contributed by atoms with van der Waals surface area (Å²) in [4.78, 5) is 17.8. The van der Waals surface area contributed by atoms with Gasteiger partial charge in [0.1, 0.15) is 5.41 Å². The Bertz CT molecular complexity index is 706. The van der Waals surface area contributed by atoms with Crippen molar-refractivity contribution in [3.05, 3.63) is 35.5 Å². The molecule has 3 atom stereocenters. The second-order valence-corrected chi connectivity index (χ2v) is 5.95.